The molecule has 2 N–H and O–H groups in total. The van der Waals surface area contributed by atoms with Crippen molar-refractivity contribution in [1.29, 1.82) is 0 Å². The molecule has 1 aromatic heterocycles. The van der Waals surface area contributed by atoms with Crippen LogP contribution in [0.5, 0.6) is 0 Å². The monoisotopic (exact) mass is 413 g/mol. The fourth-order valence-corrected chi connectivity index (χ4v) is 2.58. The van der Waals surface area contributed by atoms with Gasteiger partial charge in [0.15, 0.2) is 0 Å². The molecule has 1 heterocycles. The molecule has 0 aliphatic heterocycles. The van der Waals surface area contributed by atoms with Crippen LogP contribution >= 0.6 is 15.9 Å². The highest BCUT2D eigenvalue weighted by molar-refractivity contribution is 9.10. The fourth-order valence-electron chi connectivity index (χ4n) is 2.21. The number of amides is 2. The Balaban J connectivity index is 1.68. The van der Waals surface area contributed by atoms with Gasteiger partial charge in [-0.15, -0.1) is 0 Å². The van der Waals surface area contributed by atoms with Crippen molar-refractivity contribution in [3.8, 4) is 0 Å². The van der Waals surface area contributed by atoms with Crippen molar-refractivity contribution in [3.63, 3.8) is 0 Å². The van der Waals surface area contributed by atoms with Gasteiger partial charge in [0.1, 0.15) is 5.82 Å². The van der Waals surface area contributed by atoms with E-state index in [1.165, 1.54) is 18.2 Å². The Morgan fingerprint density at radius 1 is 0.923 bits per heavy atom. The van der Waals surface area contributed by atoms with E-state index >= 15 is 0 Å². The maximum Gasteiger partial charge on any atom is 0.258 e. The molecule has 7 heteroatoms. The lowest BCUT2D eigenvalue weighted by molar-refractivity contribution is 0.101. The van der Waals surface area contributed by atoms with Crippen LogP contribution in [-0.4, -0.2) is 16.8 Å². The fraction of sp³-hybridized carbons (Fsp3) is 0. The first-order valence-corrected chi connectivity index (χ1v) is 8.40. The first-order chi connectivity index (χ1) is 12.5. The third-order valence-electron chi connectivity index (χ3n) is 3.50. The topological polar surface area (TPSA) is 71.1 Å². The Labute approximate surface area is 157 Å². The zero-order valence-electron chi connectivity index (χ0n) is 13.4. The Bertz CT molecular complexity index is 947. The Kier molecular flexibility index (Phi) is 5.38. The number of carbonyl (C=O) groups is 2. The van der Waals surface area contributed by atoms with Gasteiger partial charge < -0.3 is 10.6 Å². The summed E-state index contributed by atoms with van der Waals surface area (Å²) < 4.78 is 14.4. The van der Waals surface area contributed by atoms with Crippen LogP contribution in [0.3, 0.4) is 0 Å². The number of hydrogen-bond donors (Lipinski definition) is 2. The molecule has 3 rings (SSSR count). The molecule has 0 spiro atoms. The van der Waals surface area contributed by atoms with Crippen molar-refractivity contribution in [3.05, 3.63) is 88.4 Å². The highest BCUT2D eigenvalue weighted by Gasteiger charge is 2.13. The van der Waals surface area contributed by atoms with Gasteiger partial charge in [-0.3, -0.25) is 14.6 Å². The van der Waals surface area contributed by atoms with E-state index in [0.717, 1.165) is 0 Å². The lowest BCUT2D eigenvalue weighted by Crippen LogP contribution is -2.15. The maximum atomic E-state index is 13.8. The molecular formula is C19H13BrFN3O2. The summed E-state index contributed by atoms with van der Waals surface area (Å²) >= 11 is 3.21. The molecule has 0 aliphatic rings. The number of nitrogens with one attached hydrogen (secondary N) is 2. The number of benzene rings is 2. The number of anilines is 2. The molecule has 0 saturated heterocycles. The Hall–Kier alpha value is -3.06. The first-order valence-electron chi connectivity index (χ1n) is 7.61. The predicted octanol–water partition coefficient (Wildman–Crippen LogP) is 4.49. The normalized spacial score (nSPS) is 10.2. The van der Waals surface area contributed by atoms with Crippen molar-refractivity contribution >= 4 is 39.1 Å². The third-order valence-corrected chi connectivity index (χ3v) is 3.99. The van der Waals surface area contributed by atoms with Crippen molar-refractivity contribution in [1.82, 2.24) is 4.98 Å². The van der Waals surface area contributed by atoms with E-state index in [1.54, 1.807) is 48.8 Å². The zero-order valence-corrected chi connectivity index (χ0v) is 15.0. The molecular weight excluding hydrogens is 401 g/mol. The molecule has 130 valence electrons. The molecule has 0 fully saturated rings. The lowest BCUT2D eigenvalue weighted by Gasteiger charge is -2.08. The largest absolute Gasteiger partial charge is 0.322 e. The van der Waals surface area contributed by atoms with Crippen molar-refractivity contribution in [2.24, 2.45) is 0 Å². The quantitative estimate of drug-likeness (QED) is 0.661. The maximum absolute atomic E-state index is 13.8. The van der Waals surface area contributed by atoms with Gasteiger partial charge >= 0.3 is 0 Å². The molecule has 0 aliphatic carbocycles. The van der Waals surface area contributed by atoms with Gasteiger partial charge in [0, 0.05) is 21.9 Å². The molecule has 0 bridgehead atoms. The van der Waals surface area contributed by atoms with Crippen LogP contribution in [0.4, 0.5) is 15.8 Å². The van der Waals surface area contributed by atoms with Crippen LogP contribution in [0, 0.1) is 5.82 Å². The van der Waals surface area contributed by atoms with Gasteiger partial charge in [0.05, 0.1) is 17.4 Å². The van der Waals surface area contributed by atoms with Crippen molar-refractivity contribution in [2.45, 2.75) is 0 Å². The van der Waals surface area contributed by atoms with Gasteiger partial charge in [-0.25, -0.2) is 4.39 Å². The summed E-state index contributed by atoms with van der Waals surface area (Å²) in [5.41, 5.74) is 1.38. The average molecular weight is 414 g/mol. The molecule has 0 unspecified atom stereocenters. The van der Waals surface area contributed by atoms with E-state index in [-0.39, 0.29) is 11.5 Å². The summed E-state index contributed by atoms with van der Waals surface area (Å²) in [5.74, 6) is -1.48. The zero-order chi connectivity index (χ0) is 18.5. The minimum absolute atomic E-state index is 0.0715. The summed E-state index contributed by atoms with van der Waals surface area (Å²) in [6.45, 7) is 0. The number of hydrogen-bond acceptors (Lipinski definition) is 3. The summed E-state index contributed by atoms with van der Waals surface area (Å²) in [6.07, 6.45) is 3.15. The Morgan fingerprint density at radius 3 is 2.35 bits per heavy atom. The van der Waals surface area contributed by atoms with Crippen LogP contribution in [0.25, 0.3) is 0 Å². The molecule has 0 saturated carbocycles. The number of aromatic nitrogens is 1. The number of rotatable bonds is 4. The van der Waals surface area contributed by atoms with E-state index in [0.29, 0.717) is 21.4 Å². The first kappa shape index (κ1) is 17.8. The van der Waals surface area contributed by atoms with Gasteiger partial charge in [-0.05, 0) is 54.6 Å². The Morgan fingerprint density at radius 2 is 1.65 bits per heavy atom. The van der Waals surface area contributed by atoms with Gasteiger partial charge in [-0.2, -0.15) is 0 Å². The second-order valence-electron chi connectivity index (χ2n) is 5.35. The molecule has 2 aromatic carbocycles. The number of nitrogens with zero attached hydrogens (tertiary/aromatic N) is 1. The summed E-state index contributed by atoms with van der Waals surface area (Å²) in [7, 11) is 0. The minimum atomic E-state index is -0.613. The predicted molar refractivity (Wildman–Crippen MR) is 101 cm³/mol. The average Bonchev–Trinajstić information content (AvgIpc) is 2.65. The summed E-state index contributed by atoms with van der Waals surface area (Å²) in [6, 6.07) is 13.9. The van der Waals surface area contributed by atoms with Crippen molar-refractivity contribution in [2.75, 3.05) is 10.6 Å². The molecule has 3 aromatic rings. The van der Waals surface area contributed by atoms with Crippen LogP contribution in [-0.2, 0) is 0 Å². The third kappa shape index (κ3) is 4.31. The minimum Gasteiger partial charge on any atom is -0.322 e. The summed E-state index contributed by atoms with van der Waals surface area (Å²) in [4.78, 5) is 28.3. The van der Waals surface area contributed by atoms with E-state index in [9.17, 15) is 14.0 Å². The summed E-state index contributed by atoms with van der Waals surface area (Å²) in [5, 5.41) is 5.32. The molecule has 0 radical (unpaired) electrons. The van der Waals surface area contributed by atoms with E-state index in [4.69, 9.17) is 0 Å². The van der Waals surface area contributed by atoms with E-state index in [1.807, 2.05) is 0 Å². The van der Waals surface area contributed by atoms with Crippen molar-refractivity contribution < 1.29 is 14.0 Å². The lowest BCUT2D eigenvalue weighted by atomic mass is 10.1. The van der Waals surface area contributed by atoms with E-state index in [2.05, 4.69) is 31.5 Å². The number of carbonyl (C=O) groups excluding carboxylic acids is 2. The number of pyridine rings is 1. The van der Waals surface area contributed by atoms with E-state index < -0.39 is 11.7 Å². The van der Waals surface area contributed by atoms with Crippen LogP contribution < -0.4 is 10.6 Å². The van der Waals surface area contributed by atoms with Crippen LogP contribution in [0.15, 0.2) is 71.5 Å². The SMILES string of the molecule is O=C(Nc1cccnc1)c1ccc(NC(=O)c2cc(Br)ccc2F)cc1. The smallest absolute Gasteiger partial charge is 0.258 e. The molecule has 5 nitrogen and oxygen atoms in total. The highest BCUT2D eigenvalue weighted by atomic mass is 79.9. The molecule has 26 heavy (non-hydrogen) atoms. The second kappa shape index (κ2) is 7.88. The van der Waals surface area contributed by atoms with Crippen LogP contribution in [0.2, 0.25) is 0 Å². The van der Waals surface area contributed by atoms with Gasteiger partial charge in [0.25, 0.3) is 11.8 Å². The van der Waals surface area contributed by atoms with Gasteiger partial charge in [-0.1, -0.05) is 15.9 Å². The second-order valence-corrected chi connectivity index (χ2v) is 6.27. The number of halogens is 2. The van der Waals surface area contributed by atoms with Gasteiger partial charge in [0.2, 0.25) is 0 Å². The molecule has 2 amide bonds. The van der Waals surface area contributed by atoms with Crippen LogP contribution in [0.1, 0.15) is 20.7 Å². The highest BCUT2D eigenvalue weighted by Crippen LogP contribution is 2.18. The standard InChI is InChI=1S/C19H13BrFN3O2/c20-13-5-8-17(21)16(10-13)19(26)23-14-6-3-12(4-7-14)18(25)24-15-2-1-9-22-11-15/h1-11H,(H,23,26)(H,24,25). The molecule has 0 atom stereocenters.